The molecule has 0 saturated heterocycles. The van der Waals surface area contributed by atoms with Crippen LogP contribution in [0, 0.1) is 11.8 Å². The van der Waals surface area contributed by atoms with E-state index in [-0.39, 0.29) is 37.2 Å². The second kappa shape index (κ2) is 9.72. The summed E-state index contributed by atoms with van der Waals surface area (Å²) < 4.78 is 5.69. The third kappa shape index (κ3) is 5.19. The lowest BCUT2D eigenvalue weighted by Crippen LogP contribution is -2.56. The van der Waals surface area contributed by atoms with Crippen LogP contribution in [-0.2, 0) is 14.3 Å². The number of hydrogen-bond acceptors (Lipinski definition) is 4. The third-order valence-corrected chi connectivity index (χ3v) is 7.81. The number of carbonyl (C=O) groups is 3. The Morgan fingerprint density at radius 3 is 2.17 bits per heavy atom. The van der Waals surface area contributed by atoms with Crippen molar-refractivity contribution in [2.24, 2.45) is 11.8 Å². The largest absolute Gasteiger partial charge is 0.481 e. The van der Waals surface area contributed by atoms with E-state index in [0.29, 0.717) is 12.5 Å². The SMILES string of the molecule is O=C(O)CC(CNC(=O)CC1(NC(=O)OCC2c3ccccc3-c3ccccc32)CCC1)C1CC1. The number of aliphatic carboxylic acids is 1. The van der Waals surface area contributed by atoms with E-state index in [4.69, 9.17) is 9.84 Å². The summed E-state index contributed by atoms with van der Waals surface area (Å²) in [5.41, 5.74) is 4.08. The average molecular weight is 477 g/mol. The molecule has 0 heterocycles. The maximum atomic E-state index is 12.8. The fourth-order valence-electron chi connectivity index (χ4n) is 5.61. The van der Waals surface area contributed by atoms with Crippen molar-refractivity contribution in [3.8, 4) is 11.1 Å². The van der Waals surface area contributed by atoms with Crippen LogP contribution in [0.25, 0.3) is 11.1 Å². The molecule has 3 aliphatic rings. The van der Waals surface area contributed by atoms with Crippen LogP contribution in [0.1, 0.15) is 62.0 Å². The molecule has 7 nitrogen and oxygen atoms in total. The van der Waals surface area contributed by atoms with Crippen LogP contribution >= 0.6 is 0 Å². The Morgan fingerprint density at radius 1 is 1.00 bits per heavy atom. The van der Waals surface area contributed by atoms with Gasteiger partial charge in [-0.1, -0.05) is 48.5 Å². The molecule has 2 aromatic rings. The smallest absolute Gasteiger partial charge is 0.407 e. The normalized spacial score (nSPS) is 18.5. The first-order valence-corrected chi connectivity index (χ1v) is 12.6. The zero-order chi connectivity index (χ0) is 24.4. The van der Waals surface area contributed by atoms with E-state index in [2.05, 4.69) is 34.9 Å². The van der Waals surface area contributed by atoms with Gasteiger partial charge in [0.2, 0.25) is 5.91 Å². The summed E-state index contributed by atoms with van der Waals surface area (Å²) in [5, 5.41) is 15.0. The molecule has 184 valence electrons. The van der Waals surface area contributed by atoms with E-state index in [0.717, 1.165) is 43.2 Å². The highest BCUT2D eigenvalue weighted by Gasteiger charge is 2.41. The Bertz CT molecular complexity index is 1080. The topological polar surface area (TPSA) is 105 Å². The van der Waals surface area contributed by atoms with Gasteiger partial charge < -0.3 is 20.5 Å². The minimum absolute atomic E-state index is 0.0117. The summed E-state index contributed by atoms with van der Waals surface area (Å²) in [5.74, 6) is -0.627. The van der Waals surface area contributed by atoms with Gasteiger partial charge in [-0.3, -0.25) is 9.59 Å². The van der Waals surface area contributed by atoms with E-state index in [1.807, 2.05) is 24.3 Å². The quantitative estimate of drug-likeness (QED) is 0.470. The van der Waals surface area contributed by atoms with Crippen molar-refractivity contribution in [1.29, 1.82) is 0 Å². The molecule has 0 aromatic heterocycles. The van der Waals surface area contributed by atoms with Crippen LogP contribution < -0.4 is 10.6 Å². The van der Waals surface area contributed by atoms with Crippen molar-refractivity contribution in [3.05, 3.63) is 59.7 Å². The molecule has 2 saturated carbocycles. The van der Waals surface area contributed by atoms with E-state index in [9.17, 15) is 14.4 Å². The van der Waals surface area contributed by atoms with Gasteiger partial charge in [-0.05, 0) is 66.2 Å². The zero-order valence-electron chi connectivity index (χ0n) is 19.8. The molecule has 1 atom stereocenters. The highest BCUT2D eigenvalue weighted by atomic mass is 16.5. The molecule has 0 spiro atoms. The van der Waals surface area contributed by atoms with Crippen LogP contribution in [0.2, 0.25) is 0 Å². The summed E-state index contributed by atoms with van der Waals surface area (Å²) in [4.78, 5) is 36.5. The standard InChI is InChI=1S/C28H32N2O5/c31-25(29-16-19(14-26(32)33)18-10-11-18)15-28(12-5-13-28)30-27(34)35-17-24-22-8-3-1-6-20(22)21-7-2-4-9-23(21)24/h1-4,6-9,18-19,24H,5,10-17H2,(H,29,31)(H,30,34)(H,32,33). The Kier molecular flexibility index (Phi) is 6.50. The highest BCUT2D eigenvalue weighted by Crippen LogP contribution is 2.44. The number of benzene rings is 2. The number of carbonyl (C=O) groups excluding carboxylic acids is 2. The van der Waals surface area contributed by atoms with Gasteiger partial charge in [0.15, 0.2) is 0 Å². The van der Waals surface area contributed by atoms with Crippen molar-refractivity contribution >= 4 is 18.0 Å². The zero-order valence-corrected chi connectivity index (χ0v) is 19.8. The van der Waals surface area contributed by atoms with Crippen LogP contribution in [0.15, 0.2) is 48.5 Å². The molecule has 0 bridgehead atoms. The Hall–Kier alpha value is -3.35. The molecule has 5 rings (SSSR count). The Balaban J connectivity index is 1.15. The number of hydrogen-bond donors (Lipinski definition) is 3. The first-order chi connectivity index (χ1) is 16.9. The second-order valence-electron chi connectivity index (χ2n) is 10.3. The van der Waals surface area contributed by atoms with Crippen molar-refractivity contribution in [2.75, 3.05) is 13.2 Å². The van der Waals surface area contributed by atoms with Crippen LogP contribution in [0.3, 0.4) is 0 Å². The number of carboxylic acid groups (broad SMARTS) is 1. The van der Waals surface area contributed by atoms with E-state index in [1.165, 1.54) is 11.1 Å². The molecule has 3 aliphatic carbocycles. The molecule has 2 fully saturated rings. The second-order valence-corrected chi connectivity index (χ2v) is 10.3. The van der Waals surface area contributed by atoms with Crippen LogP contribution in [0.5, 0.6) is 0 Å². The van der Waals surface area contributed by atoms with Gasteiger partial charge >= 0.3 is 12.1 Å². The lowest BCUT2D eigenvalue weighted by atomic mass is 9.74. The number of alkyl carbamates (subject to hydrolysis) is 1. The minimum atomic E-state index is -0.830. The van der Waals surface area contributed by atoms with Gasteiger partial charge in [0.25, 0.3) is 0 Å². The fraction of sp³-hybridized carbons (Fsp3) is 0.464. The molecule has 1 unspecified atom stereocenters. The van der Waals surface area contributed by atoms with Gasteiger partial charge in [-0.15, -0.1) is 0 Å². The first kappa shape index (κ1) is 23.4. The van der Waals surface area contributed by atoms with E-state index in [1.54, 1.807) is 0 Å². The molecular weight excluding hydrogens is 444 g/mol. The number of ether oxygens (including phenoxy) is 1. The van der Waals surface area contributed by atoms with Gasteiger partial charge in [0.05, 0.1) is 12.0 Å². The van der Waals surface area contributed by atoms with Crippen molar-refractivity contribution < 1.29 is 24.2 Å². The van der Waals surface area contributed by atoms with E-state index >= 15 is 0 Å². The maximum absolute atomic E-state index is 12.8. The van der Waals surface area contributed by atoms with Crippen LogP contribution in [0.4, 0.5) is 4.79 Å². The highest BCUT2D eigenvalue weighted by molar-refractivity contribution is 5.80. The molecule has 2 aromatic carbocycles. The monoisotopic (exact) mass is 476 g/mol. The lowest BCUT2D eigenvalue weighted by molar-refractivity contribution is -0.138. The predicted molar refractivity (Wildman–Crippen MR) is 131 cm³/mol. The van der Waals surface area contributed by atoms with E-state index < -0.39 is 17.6 Å². The summed E-state index contributed by atoms with van der Waals surface area (Å²) in [6.07, 6.45) is 4.22. The number of rotatable bonds is 10. The van der Waals surface area contributed by atoms with Crippen molar-refractivity contribution in [3.63, 3.8) is 0 Å². The summed E-state index contributed by atoms with van der Waals surface area (Å²) in [6, 6.07) is 16.4. The Labute approximate surface area is 205 Å². The van der Waals surface area contributed by atoms with Gasteiger partial charge in [0, 0.05) is 18.9 Å². The number of carboxylic acids is 1. The average Bonchev–Trinajstić information content (AvgIpc) is 3.61. The third-order valence-electron chi connectivity index (χ3n) is 7.81. The van der Waals surface area contributed by atoms with Gasteiger partial charge in [-0.25, -0.2) is 4.79 Å². The Morgan fingerprint density at radius 2 is 1.63 bits per heavy atom. The molecule has 35 heavy (non-hydrogen) atoms. The molecule has 0 aliphatic heterocycles. The summed E-state index contributed by atoms with van der Waals surface area (Å²) >= 11 is 0. The molecule has 3 N–H and O–H groups in total. The molecule has 7 heteroatoms. The summed E-state index contributed by atoms with van der Waals surface area (Å²) in [7, 11) is 0. The van der Waals surface area contributed by atoms with Crippen molar-refractivity contribution in [1.82, 2.24) is 10.6 Å². The minimum Gasteiger partial charge on any atom is -0.481 e. The summed E-state index contributed by atoms with van der Waals surface area (Å²) in [6.45, 7) is 0.608. The lowest BCUT2D eigenvalue weighted by Gasteiger charge is -2.41. The van der Waals surface area contributed by atoms with Crippen LogP contribution in [-0.4, -0.2) is 41.8 Å². The number of fused-ring (bicyclic) bond motifs is 3. The molecule has 2 amide bonds. The number of amides is 2. The predicted octanol–water partition coefficient (Wildman–Crippen LogP) is 4.46. The number of nitrogens with one attached hydrogen (secondary N) is 2. The molecule has 0 radical (unpaired) electrons. The first-order valence-electron chi connectivity index (χ1n) is 12.6. The van der Waals surface area contributed by atoms with Gasteiger partial charge in [-0.2, -0.15) is 0 Å². The maximum Gasteiger partial charge on any atom is 0.407 e. The van der Waals surface area contributed by atoms with Gasteiger partial charge in [0.1, 0.15) is 6.61 Å². The molecular formula is C28H32N2O5. The van der Waals surface area contributed by atoms with Crippen molar-refractivity contribution in [2.45, 2.75) is 56.4 Å². The fourth-order valence-corrected chi connectivity index (χ4v) is 5.61.